The minimum absolute atomic E-state index is 0.213. The molecule has 0 amide bonds. The number of para-hydroxylation sites is 1. The van der Waals surface area contributed by atoms with Crippen LogP contribution in [0.25, 0.3) is 0 Å². The highest BCUT2D eigenvalue weighted by Crippen LogP contribution is 2.60. The predicted octanol–water partition coefficient (Wildman–Crippen LogP) is 6.10. The van der Waals surface area contributed by atoms with Crippen molar-refractivity contribution < 1.29 is 0 Å². The quantitative estimate of drug-likeness (QED) is 0.484. The van der Waals surface area contributed by atoms with Crippen LogP contribution in [-0.2, 0) is 0 Å². The lowest BCUT2D eigenvalue weighted by molar-refractivity contribution is 0.761. The summed E-state index contributed by atoms with van der Waals surface area (Å²) < 4.78 is 0. The molecule has 1 heterocycles. The van der Waals surface area contributed by atoms with Gasteiger partial charge in [-0.1, -0.05) is 80.7 Å². The molecule has 0 N–H and O–H groups in total. The fourth-order valence-electron chi connectivity index (χ4n) is 4.81. The summed E-state index contributed by atoms with van der Waals surface area (Å²) in [7, 11) is -0.213. The molecule has 0 saturated carbocycles. The standard InChI is InChI=1S/C25H24NP/c1-17-9-8-10-18(2)23(17)26-24-21-14-7-6-13-20(21)22-15-16-27(25(22)24)19-11-4-3-5-12-19/h3-14,22,25H,15-16H2,1-2H3. The molecule has 27 heavy (non-hydrogen) atoms. The van der Waals surface area contributed by atoms with Gasteiger partial charge in [-0.3, -0.25) is 4.99 Å². The average molecular weight is 369 g/mol. The SMILES string of the molecule is Cc1cccc(C)c1N=C1c2ccccc2C2CCP(c3ccccc3)C12. The van der Waals surface area contributed by atoms with E-state index in [2.05, 4.69) is 86.6 Å². The Kier molecular flexibility index (Phi) is 4.21. The minimum Gasteiger partial charge on any atom is -0.252 e. The molecule has 3 aromatic carbocycles. The molecule has 134 valence electrons. The third-order valence-corrected chi connectivity index (χ3v) is 9.05. The number of rotatable bonds is 2. The smallest absolute Gasteiger partial charge is 0.0691 e. The molecule has 2 aliphatic rings. The molecule has 0 aromatic heterocycles. The van der Waals surface area contributed by atoms with Crippen LogP contribution >= 0.6 is 7.92 Å². The molecule has 1 nitrogen and oxygen atoms in total. The number of hydrogen-bond donors (Lipinski definition) is 0. The van der Waals surface area contributed by atoms with E-state index in [1.165, 1.54) is 45.9 Å². The van der Waals surface area contributed by atoms with E-state index in [4.69, 9.17) is 4.99 Å². The maximum atomic E-state index is 5.35. The molecule has 3 aromatic rings. The van der Waals surface area contributed by atoms with Crippen molar-refractivity contribution >= 4 is 24.6 Å². The first-order valence-electron chi connectivity index (χ1n) is 9.80. The van der Waals surface area contributed by atoms with Crippen molar-refractivity contribution in [3.63, 3.8) is 0 Å². The van der Waals surface area contributed by atoms with Gasteiger partial charge in [-0.15, -0.1) is 0 Å². The summed E-state index contributed by atoms with van der Waals surface area (Å²) in [4.78, 5) is 5.35. The second-order valence-electron chi connectivity index (χ2n) is 7.69. The second kappa shape index (κ2) is 6.73. The molecule has 3 atom stereocenters. The molecule has 3 unspecified atom stereocenters. The highest BCUT2D eigenvalue weighted by molar-refractivity contribution is 7.67. The fraction of sp³-hybridized carbons (Fsp3) is 0.240. The van der Waals surface area contributed by atoms with Gasteiger partial charge in [0.2, 0.25) is 0 Å². The summed E-state index contributed by atoms with van der Waals surface area (Å²) in [5.74, 6) is 0.635. The van der Waals surface area contributed by atoms with Gasteiger partial charge < -0.3 is 0 Å². The molecule has 1 aliphatic carbocycles. The molecule has 5 rings (SSSR count). The first kappa shape index (κ1) is 16.9. The Balaban J connectivity index is 1.69. The van der Waals surface area contributed by atoms with E-state index in [0.717, 1.165) is 5.69 Å². The predicted molar refractivity (Wildman–Crippen MR) is 118 cm³/mol. The summed E-state index contributed by atoms with van der Waals surface area (Å²) in [5.41, 5.74) is 8.50. The monoisotopic (exact) mass is 369 g/mol. The second-order valence-corrected chi connectivity index (χ2v) is 10.2. The van der Waals surface area contributed by atoms with Gasteiger partial charge in [-0.05, 0) is 54.3 Å². The first-order chi connectivity index (χ1) is 13.2. The highest BCUT2D eigenvalue weighted by atomic mass is 31.1. The van der Waals surface area contributed by atoms with Crippen LogP contribution in [0.5, 0.6) is 0 Å². The molecular weight excluding hydrogens is 345 g/mol. The Labute approximate surface area is 162 Å². The highest BCUT2D eigenvalue weighted by Gasteiger charge is 2.46. The zero-order valence-corrected chi connectivity index (χ0v) is 16.8. The van der Waals surface area contributed by atoms with Crippen molar-refractivity contribution in [3.8, 4) is 0 Å². The lowest BCUT2D eigenvalue weighted by atomic mass is 9.99. The number of benzene rings is 3. The van der Waals surface area contributed by atoms with E-state index in [1.54, 1.807) is 0 Å². The maximum absolute atomic E-state index is 5.35. The molecule has 2 heteroatoms. The van der Waals surface area contributed by atoms with Crippen LogP contribution in [0.2, 0.25) is 0 Å². The van der Waals surface area contributed by atoms with E-state index < -0.39 is 0 Å². The van der Waals surface area contributed by atoms with Crippen LogP contribution in [-0.4, -0.2) is 17.5 Å². The fourth-order valence-corrected chi connectivity index (χ4v) is 8.01. The Bertz CT molecular complexity index is 1000. The Morgan fingerprint density at radius 1 is 0.815 bits per heavy atom. The maximum Gasteiger partial charge on any atom is 0.0691 e. The molecule has 1 saturated heterocycles. The summed E-state index contributed by atoms with van der Waals surface area (Å²) >= 11 is 0. The molecule has 0 spiro atoms. The topological polar surface area (TPSA) is 12.4 Å². The van der Waals surface area contributed by atoms with Crippen LogP contribution in [0.3, 0.4) is 0 Å². The van der Waals surface area contributed by atoms with Gasteiger partial charge in [0, 0.05) is 11.2 Å². The Hall–Kier alpha value is -2.24. The van der Waals surface area contributed by atoms with Crippen molar-refractivity contribution in [2.75, 3.05) is 6.16 Å². The summed E-state index contributed by atoms with van der Waals surface area (Å²) in [6.45, 7) is 4.36. The lowest BCUT2D eigenvalue weighted by Crippen LogP contribution is -2.19. The molecule has 1 aliphatic heterocycles. The third kappa shape index (κ3) is 2.77. The van der Waals surface area contributed by atoms with Gasteiger partial charge in [-0.2, -0.15) is 0 Å². The van der Waals surface area contributed by atoms with E-state index in [1.807, 2.05) is 0 Å². The van der Waals surface area contributed by atoms with Gasteiger partial charge in [-0.25, -0.2) is 0 Å². The molecular formula is C25H24NP. The van der Waals surface area contributed by atoms with Gasteiger partial charge in [0.1, 0.15) is 0 Å². The largest absolute Gasteiger partial charge is 0.252 e. The van der Waals surface area contributed by atoms with Crippen LogP contribution in [0.15, 0.2) is 77.8 Å². The van der Waals surface area contributed by atoms with Crippen molar-refractivity contribution in [2.24, 2.45) is 4.99 Å². The van der Waals surface area contributed by atoms with Crippen LogP contribution < -0.4 is 5.30 Å². The van der Waals surface area contributed by atoms with Crippen molar-refractivity contribution in [1.82, 2.24) is 0 Å². The average Bonchev–Trinajstić information content (AvgIpc) is 3.25. The van der Waals surface area contributed by atoms with Crippen LogP contribution in [0.4, 0.5) is 5.69 Å². The lowest BCUT2D eigenvalue weighted by Gasteiger charge is -2.21. The molecule has 1 fully saturated rings. The van der Waals surface area contributed by atoms with Crippen molar-refractivity contribution in [2.45, 2.75) is 31.8 Å². The minimum atomic E-state index is -0.213. The van der Waals surface area contributed by atoms with Crippen LogP contribution in [0, 0.1) is 13.8 Å². The zero-order valence-electron chi connectivity index (χ0n) is 15.9. The van der Waals surface area contributed by atoms with E-state index in [0.29, 0.717) is 11.6 Å². The summed E-state index contributed by atoms with van der Waals surface area (Å²) in [5, 5.41) is 1.53. The van der Waals surface area contributed by atoms with Gasteiger partial charge in [0.15, 0.2) is 0 Å². The summed E-state index contributed by atoms with van der Waals surface area (Å²) in [6.07, 6.45) is 2.60. The summed E-state index contributed by atoms with van der Waals surface area (Å²) in [6, 6.07) is 26.6. The van der Waals surface area contributed by atoms with E-state index in [9.17, 15) is 0 Å². The third-order valence-electron chi connectivity index (χ3n) is 6.07. The number of fused-ring (bicyclic) bond motifs is 3. The number of nitrogens with zero attached hydrogens (tertiary/aromatic N) is 1. The van der Waals surface area contributed by atoms with E-state index >= 15 is 0 Å². The normalized spacial score (nSPS) is 24.8. The molecule has 0 radical (unpaired) electrons. The van der Waals surface area contributed by atoms with Gasteiger partial charge in [0.25, 0.3) is 0 Å². The van der Waals surface area contributed by atoms with Crippen molar-refractivity contribution in [1.29, 1.82) is 0 Å². The first-order valence-corrected chi connectivity index (χ1v) is 11.4. The van der Waals surface area contributed by atoms with E-state index in [-0.39, 0.29) is 7.92 Å². The number of aryl methyl sites for hydroxylation is 2. The number of aliphatic imine (C=N–C) groups is 1. The molecule has 0 bridgehead atoms. The Morgan fingerprint density at radius 3 is 2.30 bits per heavy atom. The van der Waals surface area contributed by atoms with Crippen molar-refractivity contribution in [3.05, 3.63) is 95.1 Å². The Morgan fingerprint density at radius 2 is 1.52 bits per heavy atom. The zero-order chi connectivity index (χ0) is 18.4. The van der Waals surface area contributed by atoms with Gasteiger partial charge in [0.05, 0.1) is 11.4 Å². The number of hydrogen-bond acceptors (Lipinski definition) is 1. The van der Waals surface area contributed by atoms with Gasteiger partial charge >= 0.3 is 0 Å². The van der Waals surface area contributed by atoms with Crippen LogP contribution in [0.1, 0.15) is 34.6 Å².